The molecule has 0 aromatic rings. The Hall–Kier alpha value is -0.630. The van der Waals surface area contributed by atoms with E-state index in [1.165, 1.54) is 12.3 Å². The molecule has 0 atom stereocenters. The van der Waals surface area contributed by atoms with E-state index in [9.17, 15) is 0 Å². The van der Waals surface area contributed by atoms with E-state index in [-0.39, 0.29) is 0 Å². The van der Waals surface area contributed by atoms with Crippen LogP contribution in [0.2, 0.25) is 0 Å². The number of hydrogen-bond donors (Lipinski definition) is 0. The van der Waals surface area contributed by atoms with E-state index in [1.54, 1.807) is 0 Å². The highest BCUT2D eigenvalue weighted by Gasteiger charge is 2.23. The van der Waals surface area contributed by atoms with Crippen molar-refractivity contribution < 1.29 is 4.48 Å². The van der Waals surface area contributed by atoms with Crippen LogP contribution < -0.4 is 0 Å². The molecule has 2 nitrogen and oxygen atoms in total. The summed E-state index contributed by atoms with van der Waals surface area (Å²) in [7, 11) is 4.30. The molecule has 0 saturated carbocycles. The number of aliphatic imine (C=N–C) groups is 1. The molecule has 0 radical (unpaired) electrons. The monoisotopic (exact) mass is 139 g/mol. The summed E-state index contributed by atoms with van der Waals surface area (Å²) >= 11 is 0. The second kappa shape index (κ2) is 2.54. The summed E-state index contributed by atoms with van der Waals surface area (Å²) in [6.07, 6.45) is 6.29. The molecule has 56 valence electrons. The van der Waals surface area contributed by atoms with Gasteiger partial charge in [-0.25, -0.2) is 4.99 Å². The zero-order valence-electron chi connectivity index (χ0n) is 6.96. The Labute approximate surface area is 62.5 Å². The van der Waals surface area contributed by atoms with Gasteiger partial charge in [0.25, 0.3) is 0 Å². The molecule has 1 heterocycles. The first-order valence-corrected chi connectivity index (χ1v) is 3.75. The van der Waals surface area contributed by atoms with E-state index >= 15 is 0 Å². The minimum absolute atomic E-state index is 0.841. The van der Waals surface area contributed by atoms with Crippen LogP contribution in [0.25, 0.3) is 0 Å². The molecule has 1 aliphatic rings. The largest absolute Gasteiger partial charge is 0.256 e. The number of hydrogen-bond acceptors (Lipinski definition) is 1. The van der Waals surface area contributed by atoms with Crippen LogP contribution in [0.15, 0.2) is 17.4 Å². The summed E-state index contributed by atoms with van der Waals surface area (Å²) in [5.41, 5.74) is 0. The molecule has 1 rings (SSSR count). The van der Waals surface area contributed by atoms with Gasteiger partial charge in [0.2, 0.25) is 5.84 Å². The zero-order chi connectivity index (χ0) is 7.61. The Kier molecular flexibility index (Phi) is 1.90. The van der Waals surface area contributed by atoms with E-state index in [0.717, 1.165) is 10.9 Å². The van der Waals surface area contributed by atoms with Gasteiger partial charge in [0.05, 0.1) is 20.3 Å². The molecule has 0 fully saturated rings. The van der Waals surface area contributed by atoms with Crippen LogP contribution in [0, 0.1) is 0 Å². The van der Waals surface area contributed by atoms with Crippen molar-refractivity contribution in [2.75, 3.05) is 14.1 Å². The molecule has 0 unspecified atom stereocenters. The van der Waals surface area contributed by atoms with Crippen molar-refractivity contribution in [2.45, 2.75) is 19.8 Å². The highest BCUT2D eigenvalue weighted by atomic mass is 15.4. The predicted octanol–water partition coefficient (Wildman–Crippen LogP) is 1.75. The maximum atomic E-state index is 4.29. The second-order valence-electron chi connectivity index (χ2n) is 3.13. The van der Waals surface area contributed by atoms with E-state index in [2.05, 4.69) is 32.2 Å². The van der Waals surface area contributed by atoms with Gasteiger partial charge in [-0.2, -0.15) is 0 Å². The van der Waals surface area contributed by atoms with Crippen LogP contribution in [0.4, 0.5) is 0 Å². The van der Waals surface area contributed by atoms with Gasteiger partial charge in [0, 0.05) is 6.42 Å². The van der Waals surface area contributed by atoms with Crippen LogP contribution in [-0.2, 0) is 0 Å². The average molecular weight is 139 g/mol. The maximum absolute atomic E-state index is 4.29. The summed E-state index contributed by atoms with van der Waals surface area (Å²) in [6.45, 7) is 2.18. The predicted molar refractivity (Wildman–Crippen MR) is 43.6 cm³/mol. The average Bonchev–Trinajstić information content (AvgIpc) is 2.13. The van der Waals surface area contributed by atoms with E-state index in [4.69, 9.17) is 0 Å². The van der Waals surface area contributed by atoms with Crippen molar-refractivity contribution in [1.29, 1.82) is 0 Å². The third-order valence-electron chi connectivity index (χ3n) is 1.80. The molecular weight excluding hydrogens is 124 g/mol. The van der Waals surface area contributed by atoms with Crippen molar-refractivity contribution in [3.8, 4) is 0 Å². The SMILES string of the molecule is CCCC1=NC=C[N+]1(C)C. The number of nitrogens with zero attached hydrogens (tertiary/aromatic N) is 2. The highest BCUT2D eigenvalue weighted by Crippen LogP contribution is 2.13. The van der Waals surface area contributed by atoms with Crippen LogP contribution in [0.3, 0.4) is 0 Å². The van der Waals surface area contributed by atoms with E-state index in [0.29, 0.717) is 0 Å². The first-order chi connectivity index (χ1) is 4.67. The van der Waals surface area contributed by atoms with Crippen LogP contribution in [0.5, 0.6) is 0 Å². The normalized spacial score (nSPS) is 21.3. The Morgan fingerprint density at radius 2 is 2.20 bits per heavy atom. The number of amidine groups is 1. The smallest absolute Gasteiger partial charge is 0.207 e. The van der Waals surface area contributed by atoms with Crippen molar-refractivity contribution >= 4 is 5.84 Å². The molecular formula is C8H15N2+. The Morgan fingerprint density at radius 3 is 2.60 bits per heavy atom. The topological polar surface area (TPSA) is 12.4 Å². The summed E-state index contributed by atoms with van der Waals surface area (Å²) in [4.78, 5) is 4.29. The first kappa shape index (κ1) is 7.48. The van der Waals surface area contributed by atoms with Crippen molar-refractivity contribution in [3.05, 3.63) is 12.4 Å². The lowest BCUT2D eigenvalue weighted by molar-refractivity contribution is -0.741. The van der Waals surface area contributed by atoms with Gasteiger partial charge in [-0.3, -0.25) is 4.48 Å². The molecule has 0 amide bonds. The minimum Gasteiger partial charge on any atom is -0.256 e. The maximum Gasteiger partial charge on any atom is 0.207 e. The third-order valence-corrected chi connectivity index (χ3v) is 1.80. The van der Waals surface area contributed by atoms with E-state index in [1.807, 2.05) is 6.20 Å². The lowest BCUT2D eigenvalue weighted by Crippen LogP contribution is -2.37. The molecule has 0 spiro atoms. The molecule has 0 aromatic heterocycles. The van der Waals surface area contributed by atoms with Gasteiger partial charge in [-0.15, -0.1) is 0 Å². The molecule has 0 aromatic carbocycles. The van der Waals surface area contributed by atoms with Gasteiger partial charge >= 0.3 is 0 Å². The molecule has 0 N–H and O–H groups in total. The Morgan fingerprint density at radius 1 is 1.50 bits per heavy atom. The molecule has 2 heteroatoms. The van der Waals surface area contributed by atoms with Crippen molar-refractivity contribution in [3.63, 3.8) is 0 Å². The minimum atomic E-state index is 0.841. The standard InChI is InChI=1S/C8H15N2/c1-4-5-8-9-6-7-10(8,2)3/h6-7H,4-5H2,1-3H3/q+1. The van der Waals surface area contributed by atoms with Gasteiger partial charge in [0.1, 0.15) is 6.20 Å². The van der Waals surface area contributed by atoms with Crippen LogP contribution in [-0.4, -0.2) is 24.4 Å². The second-order valence-corrected chi connectivity index (χ2v) is 3.13. The number of rotatable bonds is 2. The fourth-order valence-electron chi connectivity index (χ4n) is 1.10. The summed E-state index contributed by atoms with van der Waals surface area (Å²) < 4.78 is 0.841. The zero-order valence-corrected chi connectivity index (χ0v) is 6.96. The van der Waals surface area contributed by atoms with Gasteiger partial charge in [0.15, 0.2) is 0 Å². The van der Waals surface area contributed by atoms with Crippen LogP contribution >= 0.6 is 0 Å². The van der Waals surface area contributed by atoms with Crippen molar-refractivity contribution in [2.24, 2.45) is 4.99 Å². The highest BCUT2D eigenvalue weighted by molar-refractivity contribution is 5.77. The van der Waals surface area contributed by atoms with E-state index < -0.39 is 0 Å². The summed E-state index contributed by atoms with van der Waals surface area (Å²) in [5.74, 6) is 1.27. The molecule has 0 saturated heterocycles. The fraction of sp³-hybridized carbons (Fsp3) is 0.625. The summed E-state index contributed by atoms with van der Waals surface area (Å²) in [6, 6.07) is 0. The molecule has 0 bridgehead atoms. The lowest BCUT2D eigenvalue weighted by atomic mass is 10.3. The van der Waals surface area contributed by atoms with Crippen LogP contribution in [0.1, 0.15) is 19.8 Å². The Balaban J connectivity index is 2.63. The van der Waals surface area contributed by atoms with Crippen molar-refractivity contribution in [1.82, 2.24) is 0 Å². The quantitative estimate of drug-likeness (QED) is 0.517. The van der Waals surface area contributed by atoms with Gasteiger partial charge in [-0.1, -0.05) is 6.92 Å². The third kappa shape index (κ3) is 1.27. The summed E-state index contributed by atoms with van der Waals surface area (Å²) in [5, 5.41) is 0. The van der Waals surface area contributed by atoms with Gasteiger partial charge < -0.3 is 0 Å². The fourth-order valence-corrected chi connectivity index (χ4v) is 1.10. The first-order valence-electron chi connectivity index (χ1n) is 3.75. The number of quaternary nitrogens is 1. The van der Waals surface area contributed by atoms with Gasteiger partial charge in [-0.05, 0) is 6.42 Å². The molecule has 0 aliphatic carbocycles. The Bertz CT molecular complexity index is 178. The lowest BCUT2D eigenvalue weighted by Gasteiger charge is -2.20. The molecule has 10 heavy (non-hydrogen) atoms. The molecule has 1 aliphatic heterocycles.